The molecule has 3 rings (SSSR count). The SMILES string of the molecule is O=C(O)c1ccc2oc3ccc(OC[C@H](O)CO)cc3c(=O)c2c1. The van der Waals surface area contributed by atoms with E-state index in [1.807, 2.05) is 0 Å². The lowest BCUT2D eigenvalue weighted by Crippen LogP contribution is -2.21. The Bertz CT molecular complexity index is 974. The highest BCUT2D eigenvalue weighted by Crippen LogP contribution is 2.23. The highest BCUT2D eigenvalue weighted by atomic mass is 16.5. The van der Waals surface area contributed by atoms with Gasteiger partial charge in [0.05, 0.1) is 22.9 Å². The number of rotatable bonds is 5. The molecule has 0 aliphatic carbocycles. The lowest BCUT2D eigenvalue weighted by atomic mass is 10.1. The van der Waals surface area contributed by atoms with E-state index >= 15 is 0 Å². The largest absolute Gasteiger partial charge is 0.491 e. The maximum absolute atomic E-state index is 12.6. The van der Waals surface area contributed by atoms with Crippen molar-refractivity contribution >= 4 is 27.9 Å². The molecule has 1 aromatic heterocycles. The number of aliphatic hydroxyl groups is 2. The molecule has 1 heterocycles. The van der Waals surface area contributed by atoms with Gasteiger partial charge in [-0.25, -0.2) is 4.79 Å². The maximum atomic E-state index is 12.6. The van der Waals surface area contributed by atoms with Crippen LogP contribution in [0.3, 0.4) is 0 Å². The van der Waals surface area contributed by atoms with Gasteiger partial charge in [0.2, 0.25) is 5.43 Å². The Hall–Kier alpha value is -2.90. The zero-order chi connectivity index (χ0) is 17.3. The van der Waals surface area contributed by atoms with E-state index in [1.54, 1.807) is 12.1 Å². The summed E-state index contributed by atoms with van der Waals surface area (Å²) in [6.07, 6.45) is -1.02. The monoisotopic (exact) mass is 330 g/mol. The Kier molecular flexibility index (Phi) is 4.20. The van der Waals surface area contributed by atoms with Crippen molar-refractivity contribution in [3.63, 3.8) is 0 Å². The molecule has 0 fully saturated rings. The molecule has 0 aliphatic rings. The lowest BCUT2D eigenvalue weighted by Gasteiger charge is -2.10. The fourth-order valence-electron chi connectivity index (χ4n) is 2.30. The van der Waals surface area contributed by atoms with Crippen molar-refractivity contribution in [3.8, 4) is 5.75 Å². The normalized spacial score (nSPS) is 12.4. The minimum absolute atomic E-state index is 0.00683. The molecular weight excluding hydrogens is 316 g/mol. The Morgan fingerprint density at radius 2 is 1.79 bits per heavy atom. The molecule has 124 valence electrons. The van der Waals surface area contributed by atoms with Crippen molar-refractivity contribution in [2.45, 2.75) is 6.10 Å². The van der Waals surface area contributed by atoms with Gasteiger partial charge in [-0.2, -0.15) is 0 Å². The van der Waals surface area contributed by atoms with Gasteiger partial charge in [0, 0.05) is 0 Å². The van der Waals surface area contributed by atoms with E-state index in [0.717, 1.165) is 0 Å². The summed E-state index contributed by atoms with van der Waals surface area (Å²) in [6.45, 7) is -0.553. The van der Waals surface area contributed by atoms with E-state index in [-0.39, 0.29) is 28.4 Å². The smallest absolute Gasteiger partial charge is 0.335 e. The van der Waals surface area contributed by atoms with Gasteiger partial charge in [-0.1, -0.05) is 0 Å². The van der Waals surface area contributed by atoms with E-state index in [0.29, 0.717) is 16.9 Å². The van der Waals surface area contributed by atoms with Gasteiger partial charge in [-0.3, -0.25) is 4.79 Å². The van der Waals surface area contributed by atoms with Crippen molar-refractivity contribution in [3.05, 3.63) is 52.2 Å². The van der Waals surface area contributed by atoms with E-state index in [1.165, 1.54) is 24.3 Å². The van der Waals surface area contributed by atoms with Crippen LogP contribution in [-0.4, -0.2) is 40.6 Å². The molecule has 0 unspecified atom stereocenters. The maximum Gasteiger partial charge on any atom is 0.335 e. The summed E-state index contributed by atoms with van der Waals surface area (Å²) in [6, 6.07) is 8.67. The van der Waals surface area contributed by atoms with Crippen LogP contribution < -0.4 is 10.2 Å². The van der Waals surface area contributed by atoms with Gasteiger partial charge < -0.3 is 24.5 Å². The Morgan fingerprint density at radius 3 is 2.46 bits per heavy atom. The number of ether oxygens (including phenoxy) is 1. The van der Waals surface area contributed by atoms with Crippen LogP contribution in [0.25, 0.3) is 21.9 Å². The van der Waals surface area contributed by atoms with E-state index in [4.69, 9.17) is 19.4 Å². The first kappa shape index (κ1) is 16.0. The quantitative estimate of drug-likeness (QED) is 0.605. The second-order valence-corrected chi connectivity index (χ2v) is 5.25. The van der Waals surface area contributed by atoms with Crippen LogP contribution in [0.4, 0.5) is 0 Å². The van der Waals surface area contributed by atoms with Crippen molar-refractivity contribution in [1.29, 1.82) is 0 Å². The Labute approximate surface area is 135 Å². The van der Waals surface area contributed by atoms with Gasteiger partial charge >= 0.3 is 5.97 Å². The number of hydrogen-bond acceptors (Lipinski definition) is 6. The molecule has 0 spiro atoms. The fraction of sp³-hybridized carbons (Fsp3) is 0.176. The van der Waals surface area contributed by atoms with Crippen LogP contribution in [0.2, 0.25) is 0 Å². The Morgan fingerprint density at radius 1 is 1.12 bits per heavy atom. The predicted molar refractivity (Wildman–Crippen MR) is 85.5 cm³/mol. The number of aliphatic hydroxyl groups excluding tert-OH is 2. The van der Waals surface area contributed by atoms with Gasteiger partial charge in [-0.05, 0) is 36.4 Å². The number of fused-ring (bicyclic) bond motifs is 2. The minimum Gasteiger partial charge on any atom is -0.491 e. The fourth-order valence-corrected chi connectivity index (χ4v) is 2.30. The number of carboxylic acid groups (broad SMARTS) is 1. The van der Waals surface area contributed by atoms with Crippen LogP contribution in [0, 0.1) is 0 Å². The molecule has 3 aromatic rings. The first-order valence-corrected chi connectivity index (χ1v) is 7.15. The average Bonchev–Trinajstić information content (AvgIpc) is 2.59. The zero-order valence-corrected chi connectivity index (χ0v) is 12.4. The highest BCUT2D eigenvalue weighted by molar-refractivity contribution is 5.96. The van der Waals surface area contributed by atoms with Crippen molar-refractivity contribution in [1.82, 2.24) is 0 Å². The van der Waals surface area contributed by atoms with E-state index < -0.39 is 18.7 Å². The molecular formula is C17H14O7. The molecule has 7 heteroatoms. The van der Waals surface area contributed by atoms with Crippen molar-refractivity contribution in [2.75, 3.05) is 13.2 Å². The van der Waals surface area contributed by atoms with Crippen LogP contribution in [0.5, 0.6) is 5.75 Å². The molecule has 0 saturated heterocycles. The van der Waals surface area contributed by atoms with Crippen LogP contribution in [-0.2, 0) is 0 Å². The summed E-state index contributed by atoms with van der Waals surface area (Å²) in [4.78, 5) is 23.7. The molecule has 0 aliphatic heterocycles. The molecule has 7 nitrogen and oxygen atoms in total. The van der Waals surface area contributed by atoms with Crippen molar-refractivity contribution in [2.24, 2.45) is 0 Å². The van der Waals surface area contributed by atoms with Gasteiger partial charge in [0.15, 0.2) is 0 Å². The third-order valence-electron chi connectivity index (χ3n) is 3.54. The summed E-state index contributed by atoms with van der Waals surface area (Å²) in [5.74, 6) is -0.803. The van der Waals surface area contributed by atoms with E-state index in [2.05, 4.69) is 0 Å². The minimum atomic E-state index is -1.13. The second kappa shape index (κ2) is 6.31. The summed E-state index contributed by atoms with van der Waals surface area (Å²) in [5.41, 5.74) is 0.252. The molecule has 0 amide bonds. The summed E-state index contributed by atoms with van der Waals surface area (Å²) >= 11 is 0. The molecule has 2 aromatic carbocycles. The summed E-state index contributed by atoms with van der Waals surface area (Å²) in [7, 11) is 0. The summed E-state index contributed by atoms with van der Waals surface area (Å²) in [5, 5.41) is 27.5. The standard InChI is InChI=1S/C17H14O7/c18-7-10(19)8-23-11-2-4-15-13(6-11)16(20)12-5-9(17(21)22)1-3-14(12)24-15/h1-6,10,18-19H,7-8H2,(H,21,22)/t10-/m1/s1. The number of hydrogen-bond donors (Lipinski definition) is 3. The first-order valence-electron chi connectivity index (χ1n) is 7.15. The Balaban J connectivity index is 2.10. The second-order valence-electron chi connectivity index (χ2n) is 5.25. The number of carboxylic acids is 1. The lowest BCUT2D eigenvalue weighted by molar-refractivity contribution is 0.0536. The molecule has 1 atom stereocenters. The van der Waals surface area contributed by atoms with Crippen LogP contribution >= 0.6 is 0 Å². The third-order valence-corrected chi connectivity index (χ3v) is 3.54. The third kappa shape index (κ3) is 2.94. The molecule has 3 N–H and O–H groups in total. The van der Waals surface area contributed by atoms with Crippen molar-refractivity contribution < 1.29 is 29.3 Å². The molecule has 0 bridgehead atoms. The molecule has 0 radical (unpaired) electrons. The van der Waals surface area contributed by atoms with Crippen LogP contribution in [0.1, 0.15) is 10.4 Å². The zero-order valence-electron chi connectivity index (χ0n) is 12.4. The average molecular weight is 330 g/mol. The highest BCUT2D eigenvalue weighted by Gasteiger charge is 2.12. The molecule has 0 saturated carbocycles. The number of carbonyl (C=O) groups is 1. The summed E-state index contributed by atoms with van der Waals surface area (Å²) < 4.78 is 10.9. The van der Waals surface area contributed by atoms with Gasteiger partial charge in [0.25, 0.3) is 0 Å². The predicted octanol–water partition coefficient (Wildman–Crippen LogP) is 1.38. The van der Waals surface area contributed by atoms with Crippen LogP contribution in [0.15, 0.2) is 45.6 Å². The van der Waals surface area contributed by atoms with Gasteiger partial charge in [0.1, 0.15) is 29.6 Å². The van der Waals surface area contributed by atoms with E-state index in [9.17, 15) is 14.7 Å². The van der Waals surface area contributed by atoms with Gasteiger partial charge in [-0.15, -0.1) is 0 Å². The topological polar surface area (TPSA) is 117 Å². The number of benzene rings is 2. The number of aromatic carboxylic acids is 1. The molecule has 24 heavy (non-hydrogen) atoms. The first-order chi connectivity index (χ1) is 11.5.